The number of fused-ring (bicyclic) bond motifs is 1. The number of hydrogen-bond donors (Lipinski definition) is 1. The van der Waals surface area contributed by atoms with Crippen molar-refractivity contribution in [3.8, 4) is 0 Å². The number of hydrogen-bond acceptors (Lipinski definition) is 2. The van der Waals surface area contributed by atoms with Crippen LogP contribution >= 0.6 is 11.3 Å². The lowest BCUT2D eigenvalue weighted by molar-refractivity contribution is 0.440. The lowest BCUT2D eigenvalue weighted by atomic mass is 9.99. The fourth-order valence-corrected chi connectivity index (χ4v) is 4.29. The van der Waals surface area contributed by atoms with Crippen LogP contribution in [0.4, 0.5) is 0 Å². The van der Waals surface area contributed by atoms with E-state index in [4.69, 9.17) is 0 Å². The van der Waals surface area contributed by atoms with E-state index in [-0.39, 0.29) is 0 Å². The lowest BCUT2D eigenvalue weighted by Crippen LogP contribution is -2.30. The Morgan fingerprint density at radius 3 is 3.14 bits per heavy atom. The van der Waals surface area contributed by atoms with Crippen molar-refractivity contribution in [1.29, 1.82) is 0 Å². The minimum absolute atomic E-state index is 0.723. The van der Waals surface area contributed by atoms with E-state index in [1.54, 1.807) is 10.4 Å². The maximum Gasteiger partial charge on any atom is 0.0451 e. The third-order valence-corrected chi connectivity index (χ3v) is 5.41. The van der Waals surface area contributed by atoms with Crippen molar-refractivity contribution in [2.45, 2.75) is 31.7 Å². The average Bonchev–Trinajstić information content (AvgIpc) is 3.08. The van der Waals surface area contributed by atoms with Gasteiger partial charge in [-0.1, -0.05) is 0 Å². The first-order valence-electron chi connectivity index (χ1n) is 5.69. The van der Waals surface area contributed by atoms with Gasteiger partial charge < -0.3 is 5.32 Å². The summed E-state index contributed by atoms with van der Waals surface area (Å²) in [5.41, 5.74) is 2.46. The minimum atomic E-state index is 0.723. The Bertz CT molecular complexity index is 377. The van der Waals surface area contributed by atoms with E-state index in [9.17, 15) is 0 Å². The first-order valence-corrected chi connectivity index (χ1v) is 6.57. The molecule has 2 unspecified atom stereocenters. The fourth-order valence-electron chi connectivity index (χ4n) is 3.19. The van der Waals surface area contributed by atoms with E-state index in [0.717, 1.165) is 17.4 Å². The quantitative estimate of drug-likeness (QED) is 0.743. The van der Waals surface area contributed by atoms with Gasteiger partial charge in [0.2, 0.25) is 0 Å². The van der Waals surface area contributed by atoms with Gasteiger partial charge in [0.05, 0.1) is 0 Å². The van der Waals surface area contributed by atoms with E-state index < -0.39 is 0 Å². The Morgan fingerprint density at radius 1 is 1.43 bits per heavy atom. The van der Waals surface area contributed by atoms with Crippen LogP contribution in [0.5, 0.6) is 0 Å². The van der Waals surface area contributed by atoms with Crippen molar-refractivity contribution in [2.24, 2.45) is 11.3 Å². The lowest BCUT2D eigenvalue weighted by Gasteiger charge is -2.24. The Balaban J connectivity index is 1.69. The van der Waals surface area contributed by atoms with E-state index >= 15 is 0 Å². The maximum absolute atomic E-state index is 3.73. The summed E-state index contributed by atoms with van der Waals surface area (Å²) in [5.74, 6) is 0.986. The Hall–Kier alpha value is -0.340. The van der Waals surface area contributed by atoms with Gasteiger partial charge in [-0.05, 0) is 60.6 Å². The smallest absolute Gasteiger partial charge is 0.0451 e. The molecule has 4 rings (SSSR count). The number of nitrogens with one attached hydrogen (secondary N) is 1. The molecule has 0 amide bonds. The first-order chi connectivity index (χ1) is 6.89. The second-order valence-electron chi connectivity index (χ2n) is 5.16. The summed E-state index contributed by atoms with van der Waals surface area (Å²) < 4.78 is 0. The molecule has 2 fully saturated rings. The second kappa shape index (κ2) is 2.42. The van der Waals surface area contributed by atoms with Crippen LogP contribution in [0.1, 0.15) is 35.7 Å². The van der Waals surface area contributed by atoms with Crippen LogP contribution in [0.15, 0.2) is 11.4 Å². The van der Waals surface area contributed by atoms with Crippen molar-refractivity contribution in [1.82, 2.24) is 5.32 Å². The highest BCUT2D eigenvalue weighted by molar-refractivity contribution is 7.10. The Morgan fingerprint density at radius 2 is 2.36 bits per heavy atom. The normalized spacial score (nSPS) is 36.9. The standard InChI is InChI=1S/C12H15NS/c1-5-13-10(9-7-12(9)3-4-12)11-8(1)2-6-14-11/h2,6,9-10,13H,1,3-5,7H2. The highest BCUT2D eigenvalue weighted by Gasteiger charge is 2.65. The molecule has 1 N–H and O–H groups in total. The van der Waals surface area contributed by atoms with Crippen LogP contribution in [-0.2, 0) is 6.42 Å². The Kier molecular flexibility index (Phi) is 1.36. The van der Waals surface area contributed by atoms with Gasteiger partial charge in [0.1, 0.15) is 0 Å². The zero-order chi connectivity index (χ0) is 9.17. The van der Waals surface area contributed by atoms with E-state index in [0.29, 0.717) is 0 Å². The van der Waals surface area contributed by atoms with Crippen LogP contribution in [0, 0.1) is 11.3 Å². The van der Waals surface area contributed by atoms with Crippen LogP contribution in [0.25, 0.3) is 0 Å². The average molecular weight is 205 g/mol. The van der Waals surface area contributed by atoms with E-state index in [1.807, 2.05) is 11.3 Å². The predicted molar refractivity (Wildman–Crippen MR) is 58.5 cm³/mol. The second-order valence-corrected chi connectivity index (χ2v) is 6.11. The van der Waals surface area contributed by atoms with Crippen LogP contribution in [0.2, 0.25) is 0 Å². The minimum Gasteiger partial charge on any atom is -0.309 e. The molecule has 14 heavy (non-hydrogen) atoms. The van der Waals surface area contributed by atoms with Gasteiger partial charge in [0.15, 0.2) is 0 Å². The predicted octanol–water partition coefficient (Wildman–Crippen LogP) is 2.74. The van der Waals surface area contributed by atoms with Gasteiger partial charge in [-0.2, -0.15) is 0 Å². The van der Waals surface area contributed by atoms with Gasteiger partial charge in [-0.3, -0.25) is 0 Å². The molecule has 3 aliphatic rings. The Labute approximate surface area is 88.5 Å². The molecular formula is C12H15NS. The third-order valence-electron chi connectivity index (χ3n) is 4.37. The molecule has 0 radical (unpaired) electrons. The van der Waals surface area contributed by atoms with Crippen molar-refractivity contribution in [3.63, 3.8) is 0 Å². The molecule has 1 nitrogen and oxygen atoms in total. The molecule has 1 spiro atoms. The first kappa shape index (κ1) is 7.89. The van der Waals surface area contributed by atoms with Gasteiger partial charge in [-0.15, -0.1) is 11.3 Å². The van der Waals surface area contributed by atoms with Gasteiger partial charge in [-0.25, -0.2) is 0 Å². The van der Waals surface area contributed by atoms with Crippen molar-refractivity contribution in [3.05, 3.63) is 21.9 Å². The highest BCUT2D eigenvalue weighted by atomic mass is 32.1. The highest BCUT2D eigenvalue weighted by Crippen LogP contribution is 2.74. The molecule has 2 heterocycles. The van der Waals surface area contributed by atoms with Gasteiger partial charge in [0.25, 0.3) is 0 Å². The zero-order valence-electron chi connectivity index (χ0n) is 8.25. The topological polar surface area (TPSA) is 12.0 Å². The van der Waals surface area contributed by atoms with Gasteiger partial charge >= 0.3 is 0 Å². The van der Waals surface area contributed by atoms with Gasteiger partial charge in [0, 0.05) is 10.9 Å². The molecule has 2 heteroatoms. The van der Waals surface area contributed by atoms with Crippen LogP contribution in [-0.4, -0.2) is 6.54 Å². The molecular weight excluding hydrogens is 190 g/mol. The summed E-state index contributed by atoms with van der Waals surface area (Å²) in [5, 5.41) is 6.00. The zero-order valence-corrected chi connectivity index (χ0v) is 9.07. The monoisotopic (exact) mass is 205 g/mol. The third kappa shape index (κ3) is 0.934. The van der Waals surface area contributed by atoms with Crippen LogP contribution < -0.4 is 5.32 Å². The molecule has 2 aliphatic carbocycles. The molecule has 0 aromatic carbocycles. The summed E-state index contributed by atoms with van der Waals surface area (Å²) in [6.45, 7) is 1.20. The molecule has 74 valence electrons. The van der Waals surface area contributed by atoms with E-state index in [1.165, 1.54) is 32.2 Å². The van der Waals surface area contributed by atoms with Crippen molar-refractivity contribution < 1.29 is 0 Å². The summed E-state index contributed by atoms with van der Waals surface area (Å²) >= 11 is 1.97. The summed E-state index contributed by atoms with van der Waals surface area (Å²) in [7, 11) is 0. The molecule has 1 aromatic rings. The summed E-state index contributed by atoms with van der Waals surface area (Å²) in [6.07, 6.45) is 5.77. The SMILES string of the molecule is c1cc2c(s1)C(C1CC13CC3)NCC2. The summed E-state index contributed by atoms with van der Waals surface area (Å²) in [4.78, 5) is 1.66. The largest absolute Gasteiger partial charge is 0.309 e. The molecule has 2 atom stereocenters. The number of rotatable bonds is 1. The molecule has 1 aromatic heterocycles. The van der Waals surface area contributed by atoms with E-state index in [2.05, 4.69) is 16.8 Å². The van der Waals surface area contributed by atoms with Crippen molar-refractivity contribution >= 4 is 11.3 Å². The van der Waals surface area contributed by atoms with Crippen molar-refractivity contribution in [2.75, 3.05) is 6.54 Å². The molecule has 2 saturated carbocycles. The summed E-state index contributed by atoms with van der Waals surface area (Å²) in [6, 6.07) is 3.05. The fraction of sp³-hybridized carbons (Fsp3) is 0.667. The molecule has 1 aliphatic heterocycles. The number of thiophene rings is 1. The van der Waals surface area contributed by atoms with Crippen LogP contribution in [0.3, 0.4) is 0 Å². The molecule has 0 bridgehead atoms. The molecule has 0 saturated heterocycles. The maximum atomic E-state index is 3.73.